The van der Waals surface area contributed by atoms with Crippen molar-refractivity contribution < 1.29 is 53.1 Å². The molecule has 2 aromatic rings. The lowest BCUT2D eigenvalue weighted by Gasteiger charge is -2.24. The van der Waals surface area contributed by atoms with Gasteiger partial charge in [-0.25, -0.2) is 0 Å². The van der Waals surface area contributed by atoms with Gasteiger partial charge in [-0.05, 0) is 104 Å². The maximum absolute atomic E-state index is 10.7. The molecule has 0 atom stereocenters. The Labute approximate surface area is 477 Å². The van der Waals surface area contributed by atoms with E-state index in [2.05, 4.69) is 133 Å². The molecular weight excluding hydrogens is 989 g/mol. The Morgan fingerprint density at radius 3 is 0.636 bits per heavy atom. The van der Waals surface area contributed by atoms with Gasteiger partial charge in [-0.3, -0.25) is 4.79 Å². The van der Waals surface area contributed by atoms with E-state index in [1.807, 2.05) is 120 Å². The average molecular weight is 1130 g/mol. The molecule has 77 heavy (non-hydrogen) atoms. The molecule has 0 aliphatic carbocycles. The van der Waals surface area contributed by atoms with Crippen LogP contribution in [0.15, 0.2) is 60.7 Å². The van der Waals surface area contributed by atoms with E-state index in [4.69, 9.17) is 48.3 Å². The minimum atomic E-state index is -0.167. The average Bonchev–Trinajstić information content (AvgIpc) is 3.52. The molecule has 1 fully saturated rings. The van der Waals surface area contributed by atoms with E-state index in [0.717, 1.165) is 37.8 Å². The Hall–Kier alpha value is -5.46. The van der Waals surface area contributed by atoms with Gasteiger partial charge in [0.1, 0.15) is 61.1 Å². The van der Waals surface area contributed by atoms with E-state index in [-0.39, 0.29) is 36.6 Å². The summed E-state index contributed by atoms with van der Waals surface area (Å²) in [7, 11) is 7.50. The minimum absolute atomic E-state index is 0. The second-order valence-corrected chi connectivity index (χ2v) is 10.9. The van der Waals surface area contributed by atoms with E-state index >= 15 is 0 Å². The molecule has 0 saturated carbocycles. The standard InChI is InChI=1S/2C8H10.C7H13NO.2C5H12.C3H8O.3C2H6.5CH5N.9CH2O.4H3N/c2*1-2-8-6-4-3-5-7-8;1-7(9)8-5-3-2-4-6-8;2*1-4-5(2)3;1-3(2)4;17*1-2;;;;/h2*3-7H,2H2,1H3;2-6H2,1H3;2*5H,4H2,1-3H3;3-4H,1-2H3;3*1-2H3;5*2H2,1H3;9*1H2;4*1H3. The number of carbonyl (C=O) groups is 10. The zero-order valence-electron chi connectivity index (χ0n) is 54.4. The van der Waals surface area contributed by atoms with Crippen LogP contribution in [0.4, 0.5) is 0 Å². The van der Waals surface area contributed by atoms with Crippen LogP contribution in [0.3, 0.4) is 0 Å². The molecular formula is C56H138N10O11. The Bertz CT molecular complexity index is 845. The maximum atomic E-state index is 10.7. The minimum Gasteiger partial charge on any atom is -0.394 e. The van der Waals surface area contributed by atoms with Gasteiger partial charge in [0.15, 0.2) is 0 Å². The normalized spacial score (nSPS) is 7.03. The molecule has 1 aliphatic rings. The third-order valence-corrected chi connectivity index (χ3v) is 5.94. The maximum Gasteiger partial charge on any atom is 0.219 e. The molecule has 1 aliphatic heterocycles. The van der Waals surface area contributed by atoms with Crippen molar-refractivity contribution in [3.63, 3.8) is 0 Å². The summed E-state index contributed by atoms with van der Waals surface area (Å²) in [5.41, 5.74) is 25.3. The largest absolute Gasteiger partial charge is 0.394 e. The van der Waals surface area contributed by atoms with Crippen molar-refractivity contribution in [3.8, 4) is 0 Å². The van der Waals surface area contributed by atoms with Crippen LogP contribution in [-0.4, -0.2) is 131 Å². The lowest BCUT2D eigenvalue weighted by Crippen LogP contribution is -2.33. The predicted molar refractivity (Wildman–Crippen MR) is 344 cm³/mol. The number of hydrogen-bond acceptors (Lipinski definition) is 20. The van der Waals surface area contributed by atoms with Gasteiger partial charge in [-0.1, -0.05) is 170 Å². The second-order valence-electron chi connectivity index (χ2n) is 10.9. The van der Waals surface area contributed by atoms with Crippen LogP contribution in [-0.2, 0) is 60.8 Å². The summed E-state index contributed by atoms with van der Waals surface area (Å²) in [5, 5.41) is 8.06. The number of rotatable bonds is 4. The number of carbonyl (C=O) groups excluding carboxylic acids is 10. The Morgan fingerprint density at radius 2 is 0.558 bits per heavy atom. The quantitative estimate of drug-likeness (QED) is 0.136. The fraction of sp³-hybridized carbons (Fsp3) is 0.607. The highest BCUT2D eigenvalue weighted by Crippen LogP contribution is 2.07. The van der Waals surface area contributed by atoms with Gasteiger partial charge < -0.3 is 106 Å². The number of nitrogens with zero attached hydrogens (tertiary/aromatic N) is 1. The van der Waals surface area contributed by atoms with Gasteiger partial charge in [0, 0.05) is 26.1 Å². The van der Waals surface area contributed by atoms with Gasteiger partial charge in [0.2, 0.25) is 5.91 Å². The smallest absolute Gasteiger partial charge is 0.219 e. The van der Waals surface area contributed by atoms with E-state index in [9.17, 15) is 4.79 Å². The SMILES string of the molecule is C=O.C=O.C=O.C=O.C=O.C=O.C=O.C=O.C=O.CC.CC.CC.CC(=O)N1CCCCC1.CC(C)O.CCC(C)C.CCC(C)C.CCc1ccccc1.CCc1ccccc1.CN.CN.CN.CN.CN.N.N.N.N. The molecule has 1 heterocycles. The first-order valence-corrected chi connectivity index (χ1v) is 23.9. The fourth-order valence-electron chi connectivity index (χ4n) is 2.64. The topological polar surface area (TPSA) is 464 Å². The zero-order chi connectivity index (χ0) is 64.5. The molecule has 0 unspecified atom stereocenters. The number of hydrogen-bond donors (Lipinski definition) is 10. The molecule has 0 radical (unpaired) electrons. The summed E-state index contributed by atoms with van der Waals surface area (Å²) in [4.78, 5) is 84.6. The highest BCUT2D eigenvalue weighted by atomic mass is 16.3. The number of nitrogens with two attached hydrogens (primary N) is 5. The van der Waals surface area contributed by atoms with Gasteiger partial charge in [0.25, 0.3) is 0 Å². The monoisotopic (exact) mass is 1130 g/mol. The van der Waals surface area contributed by atoms with E-state index in [1.54, 1.807) is 20.8 Å². The summed E-state index contributed by atoms with van der Waals surface area (Å²) < 4.78 is 0. The van der Waals surface area contributed by atoms with Crippen molar-refractivity contribution in [1.29, 1.82) is 0 Å². The molecule has 478 valence electrons. The Kier molecular flexibility index (Phi) is 585. The predicted octanol–water partition coefficient (Wildman–Crippen LogP) is 9.95. The number of aliphatic hydroxyl groups is 1. The van der Waals surface area contributed by atoms with Crippen LogP contribution < -0.4 is 53.3 Å². The molecule has 0 aromatic heterocycles. The van der Waals surface area contributed by atoms with E-state index in [1.165, 1.54) is 78.5 Å². The van der Waals surface area contributed by atoms with Crippen LogP contribution in [0, 0.1) is 11.8 Å². The van der Waals surface area contributed by atoms with Gasteiger partial charge >= 0.3 is 0 Å². The number of benzene rings is 2. The third kappa shape index (κ3) is 355. The van der Waals surface area contributed by atoms with Crippen molar-refractivity contribution in [2.45, 2.75) is 169 Å². The molecule has 0 spiro atoms. The lowest BCUT2D eigenvalue weighted by atomic mass is 10.1. The number of likely N-dealkylation sites (tertiary alicyclic amines) is 1. The lowest BCUT2D eigenvalue weighted by molar-refractivity contribution is -0.129. The molecule has 0 bridgehead atoms. The van der Waals surface area contributed by atoms with Crippen LogP contribution >= 0.6 is 0 Å². The molecule has 1 amide bonds. The third-order valence-electron chi connectivity index (χ3n) is 5.94. The fourth-order valence-corrected chi connectivity index (χ4v) is 2.64. The number of amides is 1. The Balaban J connectivity index is -0.0000000179. The highest BCUT2D eigenvalue weighted by Gasteiger charge is 2.11. The Morgan fingerprint density at radius 1 is 0.416 bits per heavy atom. The molecule has 21 nitrogen and oxygen atoms in total. The van der Waals surface area contributed by atoms with Gasteiger partial charge in [-0.2, -0.15) is 0 Å². The number of piperidine rings is 1. The summed E-state index contributed by atoms with van der Waals surface area (Å²) in [6.07, 6.45) is 8.41. The molecule has 2 aromatic carbocycles. The van der Waals surface area contributed by atoms with Crippen LogP contribution in [0.25, 0.3) is 0 Å². The second kappa shape index (κ2) is 286. The van der Waals surface area contributed by atoms with Crippen LogP contribution in [0.5, 0.6) is 0 Å². The number of aryl methyl sites for hydroxylation is 2. The van der Waals surface area contributed by atoms with E-state index in [0.29, 0.717) is 0 Å². The van der Waals surface area contributed by atoms with Crippen molar-refractivity contribution in [3.05, 3.63) is 71.8 Å². The first-order valence-electron chi connectivity index (χ1n) is 23.9. The zero-order valence-corrected chi connectivity index (χ0v) is 54.4. The van der Waals surface area contributed by atoms with Crippen molar-refractivity contribution in [2.24, 2.45) is 40.5 Å². The molecule has 23 N–H and O–H groups in total. The highest BCUT2D eigenvalue weighted by molar-refractivity contribution is 5.73. The van der Waals surface area contributed by atoms with Crippen LogP contribution in [0.1, 0.15) is 161 Å². The van der Waals surface area contributed by atoms with E-state index < -0.39 is 0 Å². The van der Waals surface area contributed by atoms with Crippen molar-refractivity contribution >= 4 is 67.0 Å². The summed E-state index contributed by atoms with van der Waals surface area (Å²) in [6.45, 7) is 54.7. The van der Waals surface area contributed by atoms with Gasteiger partial charge in [-0.15, -0.1) is 0 Å². The van der Waals surface area contributed by atoms with Crippen molar-refractivity contribution in [2.75, 3.05) is 48.3 Å². The first-order chi connectivity index (χ1) is 35.4. The first kappa shape index (κ1) is 158. The summed E-state index contributed by atoms with van der Waals surface area (Å²) in [5.74, 6) is 2.00. The molecule has 3 rings (SSSR count). The van der Waals surface area contributed by atoms with Crippen molar-refractivity contribution in [1.82, 2.24) is 29.5 Å². The molecule has 1 saturated heterocycles. The summed E-state index contributed by atoms with van der Waals surface area (Å²) in [6, 6.07) is 20.9. The van der Waals surface area contributed by atoms with Gasteiger partial charge in [0.05, 0.1) is 0 Å². The molecule has 21 heteroatoms. The number of aliphatic hydroxyl groups excluding tert-OH is 1. The van der Waals surface area contributed by atoms with Crippen LogP contribution in [0.2, 0.25) is 0 Å². The summed E-state index contributed by atoms with van der Waals surface area (Å²) >= 11 is 0.